The summed E-state index contributed by atoms with van der Waals surface area (Å²) in [5, 5.41) is 7.59. The minimum Gasteiger partial charge on any atom is -0.467 e. The van der Waals surface area contributed by atoms with Crippen molar-refractivity contribution >= 4 is 10.0 Å². The number of ether oxygens (including phenoxy) is 1. The Hall–Kier alpha value is -2.14. The van der Waals surface area contributed by atoms with Gasteiger partial charge in [0.15, 0.2) is 23.3 Å². The normalized spacial score (nSPS) is 13.1. The number of hydrogen-bond acceptors (Lipinski definition) is 5. The fraction of sp³-hybridized carbons (Fsp3) is 0.385. The standard InChI is InChI=1S/C13H15F3N4O3S/c1-4-20-12(17-18-13(20)23-3)7(2)19-24(21,22)8-5-9(14)11(16)10(15)6-8/h5-7,19H,4H2,1-3H3/t7-/m1/s1. The zero-order chi connectivity index (χ0) is 18.1. The summed E-state index contributed by atoms with van der Waals surface area (Å²) in [5.74, 6) is -4.68. The first kappa shape index (κ1) is 18.2. The molecule has 0 aliphatic heterocycles. The molecule has 2 aromatic rings. The predicted molar refractivity (Wildman–Crippen MR) is 77.3 cm³/mol. The quantitative estimate of drug-likeness (QED) is 0.790. The zero-order valence-electron chi connectivity index (χ0n) is 13.0. The van der Waals surface area contributed by atoms with Gasteiger partial charge in [-0.15, -0.1) is 5.10 Å². The van der Waals surface area contributed by atoms with Crippen molar-refractivity contribution in [2.75, 3.05) is 7.11 Å². The molecule has 1 aromatic carbocycles. The summed E-state index contributed by atoms with van der Waals surface area (Å²) in [5.41, 5.74) is 0. The van der Waals surface area contributed by atoms with Gasteiger partial charge in [-0.3, -0.25) is 4.57 Å². The highest BCUT2D eigenvalue weighted by atomic mass is 32.2. The highest BCUT2D eigenvalue weighted by Crippen LogP contribution is 2.21. The molecule has 0 aliphatic carbocycles. The third-order valence-electron chi connectivity index (χ3n) is 3.23. The van der Waals surface area contributed by atoms with Crippen molar-refractivity contribution < 1.29 is 26.3 Å². The monoisotopic (exact) mass is 364 g/mol. The first-order valence-corrected chi connectivity index (χ1v) is 8.33. The van der Waals surface area contributed by atoms with E-state index in [2.05, 4.69) is 14.9 Å². The molecule has 1 heterocycles. The van der Waals surface area contributed by atoms with Crippen LogP contribution in [-0.4, -0.2) is 30.3 Å². The minimum absolute atomic E-state index is 0.192. The van der Waals surface area contributed by atoms with Gasteiger partial charge in [-0.25, -0.2) is 26.3 Å². The van der Waals surface area contributed by atoms with Gasteiger partial charge in [0.2, 0.25) is 10.0 Å². The van der Waals surface area contributed by atoms with Crippen LogP contribution in [0.4, 0.5) is 13.2 Å². The van der Waals surface area contributed by atoms with Crippen LogP contribution in [0.1, 0.15) is 25.7 Å². The first-order chi connectivity index (χ1) is 11.2. The average Bonchev–Trinajstić information content (AvgIpc) is 2.94. The van der Waals surface area contributed by atoms with Crippen LogP contribution in [0, 0.1) is 17.5 Å². The number of nitrogens with one attached hydrogen (secondary N) is 1. The molecule has 1 aromatic heterocycles. The van der Waals surface area contributed by atoms with Gasteiger partial charge in [0.05, 0.1) is 18.0 Å². The van der Waals surface area contributed by atoms with Crippen LogP contribution in [0.2, 0.25) is 0 Å². The molecular weight excluding hydrogens is 349 g/mol. The molecule has 0 amide bonds. The fourth-order valence-electron chi connectivity index (χ4n) is 2.11. The second-order valence-corrected chi connectivity index (χ2v) is 6.55. The van der Waals surface area contributed by atoms with Crippen LogP contribution >= 0.6 is 0 Å². The summed E-state index contributed by atoms with van der Waals surface area (Å²) < 4.78 is 72.7. The van der Waals surface area contributed by atoms with E-state index in [0.29, 0.717) is 18.7 Å². The van der Waals surface area contributed by atoms with Gasteiger partial charge in [0.25, 0.3) is 0 Å². The molecule has 0 unspecified atom stereocenters. The maximum atomic E-state index is 13.2. The van der Waals surface area contributed by atoms with Gasteiger partial charge in [-0.05, 0) is 26.0 Å². The van der Waals surface area contributed by atoms with Crippen LogP contribution in [0.3, 0.4) is 0 Å². The Labute approximate surface area is 136 Å². The lowest BCUT2D eigenvalue weighted by atomic mass is 10.3. The lowest BCUT2D eigenvalue weighted by Gasteiger charge is -2.15. The Morgan fingerprint density at radius 3 is 2.33 bits per heavy atom. The molecule has 0 saturated heterocycles. The molecule has 11 heteroatoms. The molecular formula is C13H15F3N4O3S. The molecule has 0 fully saturated rings. The predicted octanol–water partition coefficient (Wildman–Crippen LogP) is 1.76. The van der Waals surface area contributed by atoms with Crippen LogP contribution < -0.4 is 9.46 Å². The Kier molecular flexibility index (Phi) is 5.13. The number of aromatic nitrogens is 3. The van der Waals surface area contributed by atoms with Gasteiger partial charge < -0.3 is 4.74 Å². The highest BCUT2D eigenvalue weighted by Gasteiger charge is 2.25. The first-order valence-electron chi connectivity index (χ1n) is 6.85. The summed E-state index contributed by atoms with van der Waals surface area (Å²) in [6, 6.07) is 0.122. The Bertz CT molecular complexity index is 831. The van der Waals surface area contributed by atoms with E-state index in [1.54, 1.807) is 6.92 Å². The highest BCUT2D eigenvalue weighted by molar-refractivity contribution is 7.89. The maximum Gasteiger partial charge on any atom is 0.316 e. The van der Waals surface area contributed by atoms with Crippen LogP contribution in [0.5, 0.6) is 6.01 Å². The zero-order valence-corrected chi connectivity index (χ0v) is 13.9. The number of methoxy groups -OCH3 is 1. The fourth-order valence-corrected chi connectivity index (χ4v) is 3.33. The summed E-state index contributed by atoms with van der Waals surface area (Å²) >= 11 is 0. The molecule has 0 aliphatic rings. The second-order valence-electron chi connectivity index (χ2n) is 4.83. The van der Waals surface area contributed by atoms with E-state index in [0.717, 1.165) is 0 Å². The van der Waals surface area contributed by atoms with E-state index in [-0.39, 0.29) is 11.8 Å². The summed E-state index contributed by atoms with van der Waals surface area (Å²) in [4.78, 5) is -0.736. The molecule has 132 valence electrons. The van der Waals surface area contributed by atoms with Crippen LogP contribution in [-0.2, 0) is 16.6 Å². The van der Waals surface area contributed by atoms with Crippen molar-refractivity contribution in [1.82, 2.24) is 19.5 Å². The molecule has 2 rings (SSSR count). The number of benzene rings is 1. The largest absolute Gasteiger partial charge is 0.467 e. The smallest absolute Gasteiger partial charge is 0.316 e. The van der Waals surface area contributed by atoms with E-state index in [1.807, 2.05) is 0 Å². The van der Waals surface area contributed by atoms with Crippen molar-refractivity contribution in [3.63, 3.8) is 0 Å². The molecule has 0 radical (unpaired) electrons. The minimum atomic E-state index is -4.31. The van der Waals surface area contributed by atoms with E-state index < -0.39 is 38.4 Å². The van der Waals surface area contributed by atoms with Crippen molar-refractivity contribution in [2.24, 2.45) is 0 Å². The topological polar surface area (TPSA) is 86.1 Å². The summed E-state index contributed by atoms with van der Waals surface area (Å²) in [6.45, 7) is 3.67. The lowest BCUT2D eigenvalue weighted by molar-refractivity contribution is 0.354. The number of halogens is 3. The summed E-state index contributed by atoms with van der Waals surface area (Å²) in [7, 11) is -2.92. The average molecular weight is 364 g/mol. The molecule has 0 saturated carbocycles. The number of hydrogen-bond donors (Lipinski definition) is 1. The van der Waals surface area contributed by atoms with Gasteiger partial charge >= 0.3 is 6.01 Å². The van der Waals surface area contributed by atoms with E-state index >= 15 is 0 Å². The number of nitrogens with zero attached hydrogens (tertiary/aromatic N) is 3. The van der Waals surface area contributed by atoms with Crippen LogP contribution in [0.15, 0.2) is 17.0 Å². The Morgan fingerprint density at radius 1 is 1.25 bits per heavy atom. The van der Waals surface area contributed by atoms with Crippen molar-refractivity contribution in [3.8, 4) is 6.01 Å². The van der Waals surface area contributed by atoms with E-state index in [1.165, 1.54) is 18.6 Å². The molecule has 24 heavy (non-hydrogen) atoms. The molecule has 1 atom stereocenters. The maximum absolute atomic E-state index is 13.2. The van der Waals surface area contributed by atoms with Crippen molar-refractivity contribution in [1.29, 1.82) is 0 Å². The van der Waals surface area contributed by atoms with Gasteiger partial charge in [-0.1, -0.05) is 5.10 Å². The molecule has 0 spiro atoms. The summed E-state index contributed by atoms with van der Waals surface area (Å²) in [6.07, 6.45) is 0. The van der Waals surface area contributed by atoms with Gasteiger partial charge in [0.1, 0.15) is 0 Å². The van der Waals surface area contributed by atoms with Crippen molar-refractivity contribution in [2.45, 2.75) is 31.3 Å². The Morgan fingerprint density at radius 2 is 1.83 bits per heavy atom. The molecule has 0 bridgehead atoms. The van der Waals surface area contributed by atoms with Gasteiger partial charge in [-0.2, -0.15) is 0 Å². The second kappa shape index (κ2) is 6.77. The van der Waals surface area contributed by atoms with Crippen molar-refractivity contribution in [3.05, 3.63) is 35.4 Å². The third-order valence-corrected chi connectivity index (χ3v) is 4.75. The molecule has 7 nitrogen and oxygen atoms in total. The van der Waals surface area contributed by atoms with Crippen LogP contribution in [0.25, 0.3) is 0 Å². The van der Waals surface area contributed by atoms with E-state index in [9.17, 15) is 21.6 Å². The Balaban J connectivity index is 2.34. The number of rotatable bonds is 6. The lowest BCUT2D eigenvalue weighted by Crippen LogP contribution is -2.29. The van der Waals surface area contributed by atoms with E-state index in [4.69, 9.17) is 4.74 Å². The third kappa shape index (κ3) is 3.36. The number of sulfonamides is 1. The SMILES string of the molecule is CCn1c(OC)nnc1[C@@H](C)NS(=O)(=O)c1cc(F)c(F)c(F)c1. The molecule has 1 N–H and O–H groups in total. The van der Waals surface area contributed by atoms with Gasteiger partial charge in [0, 0.05) is 6.54 Å².